The number of carbonyl (C=O) groups excluding carboxylic acids is 2. The number of hydrazine groups is 1. The van der Waals surface area contributed by atoms with Crippen LogP contribution in [-0.4, -0.2) is 16.9 Å². The van der Waals surface area contributed by atoms with Crippen molar-refractivity contribution in [3.8, 4) is 5.75 Å². The molecule has 2 amide bonds. The Balaban J connectivity index is 1.91. The molecule has 21 heavy (non-hydrogen) atoms. The molecule has 0 spiro atoms. The number of carbonyl (C=O) groups is 2. The van der Waals surface area contributed by atoms with Gasteiger partial charge in [-0.1, -0.05) is 30.3 Å². The highest BCUT2D eigenvalue weighted by Crippen LogP contribution is 2.14. The fourth-order valence-corrected chi connectivity index (χ4v) is 1.72. The summed E-state index contributed by atoms with van der Waals surface area (Å²) in [6.45, 7) is 0. The van der Waals surface area contributed by atoms with Gasteiger partial charge in [0.15, 0.2) is 0 Å². The Kier molecular flexibility index (Phi) is 4.50. The van der Waals surface area contributed by atoms with Crippen molar-refractivity contribution in [3.05, 3.63) is 65.5 Å². The highest BCUT2D eigenvalue weighted by molar-refractivity contribution is 5.97. The molecule has 0 aromatic heterocycles. The first-order valence-electron chi connectivity index (χ1n) is 6.18. The van der Waals surface area contributed by atoms with Crippen molar-refractivity contribution in [1.82, 2.24) is 10.9 Å². The van der Waals surface area contributed by atoms with Gasteiger partial charge in [-0.15, -0.1) is 0 Å². The lowest BCUT2D eigenvalue weighted by molar-refractivity contribution is -0.121. The summed E-state index contributed by atoms with van der Waals surface area (Å²) in [7, 11) is 0. The van der Waals surface area contributed by atoms with Crippen LogP contribution < -0.4 is 10.9 Å². The van der Waals surface area contributed by atoms with Gasteiger partial charge in [0.1, 0.15) is 11.6 Å². The first-order valence-corrected chi connectivity index (χ1v) is 6.18. The van der Waals surface area contributed by atoms with Gasteiger partial charge in [0.25, 0.3) is 5.91 Å². The fourth-order valence-electron chi connectivity index (χ4n) is 1.72. The third kappa shape index (κ3) is 3.79. The quantitative estimate of drug-likeness (QED) is 0.750. The van der Waals surface area contributed by atoms with Crippen molar-refractivity contribution in [2.45, 2.75) is 6.42 Å². The van der Waals surface area contributed by atoms with E-state index in [9.17, 15) is 19.1 Å². The van der Waals surface area contributed by atoms with Gasteiger partial charge in [-0.2, -0.15) is 0 Å². The van der Waals surface area contributed by atoms with Crippen molar-refractivity contribution >= 4 is 11.8 Å². The smallest absolute Gasteiger partial charge is 0.273 e. The summed E-state index contributed by atoms with van der Waals surface area (Å²) >= 11 is 0. The third-order valence-electron chi connectivity index (χ3n) is 2.77. The van der Waals surface area contributed by atoms with Gasteiger partial charge in [0, 0.05) is 0 Å². The van der Waals surface area contributed by atoms with Crippen LogP contribution in [0.2, 0.25) is 0 Å². The molecule has 0 saturated heterocycles. The Bertz CT molecular complexity index is 673. The van der Waals surface area contributed by atoms with Gasteiger partial charge in [-0.3, -0.25) is 20.4 Å². The molecule has 108 valence electrons. The molecule has 5 nitrogen and oxygen atoms in total. The highest BCUT2D eigenvalue weighted by Gasteiger charge is 2.12. The Labute approximate surface area is 120 Å². The maximum atomic E-state index is 13.4. The Hall–Kier alpha value is -2.89. The lowest BCUT2D eigenvalue weighted by Crippen LogP contribution is -2.42. The molecule has 0 aliphatic rings. The molecule has 0 aliphatic carbocycles. The Morgan fingerprint density at radius 1 is 1.00 bits per heavy atom. The van der Waals surface area contributed by atoms with E-state index in [1.54, 1.807) is 18.2 Å². The fraction of sp³-hybridized carbons (Fsp3) is 0.0667. The van der Waals surface area contributed by atoms with Gasteiger partial charge in [0.2, 0.25) is 5.91 Å². The number of phenolic OH excluding ortho intramolecular Hbond substituents is 1. The molecule has 2 rings (SSSR count). The average Bonchev–Trinajstić information content (AvgIpc) is 2.48. The van der Waals surface area contributed by atoms with Gasteiger partial charge in [0.05, 0.1) is 12.0 Å². The van der Waals surface area contributed by atoms with Gasteiger partial charge < -0.3 is 5.11 Å². The van der Waals surface area contributed by atoms with Gasteiger partial charge >= 0.3 is 0 Å². The first kappa shape index (κ1) is 14.5. The molecule has 6 heteroatoms. The number of para-hydroxylation sites is 1. The van der Waals surface area contributed by atoms with Crippen LogP contribution in [0.4, 0.5) is 4.39 Å². The van der Waals surface area contributed by atoms with Crippen molar-refractivity contribution in [2.75, 3.05) is 0 Å². The zero-order valence-corrected chi connectivity index (χ0v) is 11.0. The number of benzene rings is 2. The third-order valence-corrected chi connectivity index (χ3v) is 2.77. The molecule has 0 radical (unpaired) electrons. The standard InChI is InChI=1S/C15H13FN2O3/c16-12-7-3-1-5-10(12)9-14(20)17-18-15(21)11-6-2-4-8-13(11)19/h1-8,19H,9H2,(H,17,20)(H,18,21). The number of rotatable bonds is 3. The van der Waals surface area contributed by atoms with Crippen LogP contribution in [0.1, 0.15) is 15.9 Å². The molecule has 3 N–H and O–H groups in total. The van der Waals surface area contributed by atoms with Gasteiger partial charge in [-0.25, -0.2) is 4.39 Å². The van der Waals surface area contributed by atoms with E-state index in [0.717, 1.165) is 0 Å². The molecule has 0 aliphatic heterocycles. The van der Waals surface area contributed by atoms with Crippen LogP contribution in [0.3, 0.4) is 0 Å². The Morgan fingerprint density at radius 2 is 1.67 bits per heavy atom. The largest absolute Gasteiger partial charge is 0.507 e. The predicted molar refractivity (Wildman–Crippen MR) is 73.8 cm³/mol. The van der Waals surface area contributed by atoms with Crippen LogP contribution in [0, 0.1) is 5.82 Å². The second-order valence-electron chi connectivity index (χ2n) is 4.29. The second-order valence-corrected chi connectivity index (χ2v) is 4.29. The van der Waals surface area contributed by atoms with Crippen LogP contribution >= 0.6 is 0 Å². The maximum absolute atomic E-state index is 13.4. The molecule has 0 unspecified atom stereocenters. The van der Waals surface area contributed by atoms with Crippen LogP contribution in [0.5, 0.6) is 5.75 Å². The normalized spacial score (nSPS) is 9.95. The van der Waals surface area contributed by atoms with E-state index in [1.807, 2.05) is 0 Å². The SMILES string of the molecule is O=C(Cc1ccccc1F)NNC(=O)c1ccccc1O. The zero-order valence-electron chi connectivity index (χ0n) is 11.0. The summed E-state index contributed by atoms with van der Waals surface area (Å²) in [4.78, 5) is 23.4. The maximum Gasteiger partial charge on any atom is 0.273 e. The van der Waals surface area contributed by atoms with Crippen molar-refractivity contribution in [3.63, 3.8) is 0 Å². The van der Waals surface area contributed by atoms with Crippen LogP contribution in [0.15, 0.2) is 48.5 Å². The van der Waals surface area contributed by atoms with E-state index >= 15 is 0 Å². The lowest BCUT2D eigenvalue weighted by atomic mass is 10.1. The number of amides is 2. The summed E-state index contributed by atoms with van der Waals surface area (Å²) in [6, 6.07) is 11.8. The minimum absolute atomic E-state index is 0.0312. The van der Waals surface area contributed by atoms with E-state index < -0.39 is 17.6 Å². The van der Waals surface area contributed by atoms with E-state index in [2.05, 4.69) is 10.9 Å². The first-order chi connectivity index (χ1) is 10.1. The topological polar surface area (TPSA) is 78.4 Å². The summed E-state index contributed by atoms with van der Waals surface area (Å²) in [5.41, 5.74) is 4.59. The van der Waals surface area contributed by atoms with E-state index in [1.165, 1.54) is 30.3 Å². The minimum atomic E-state index is -0.657. The number of phenols is 1. The molecule has 0 heterocycles. The number of hydrogen-bond donors (Lipinski definition) is 3. The summed E-state index contributed by atoms with van der Waals surface area (Å²) < 4.78 is 13.4. The van der Waals surface area contributed by atoms with Crippen LogP contribution in [0.25, 0.3) is 0 Å². The van der Waals surface area contributed by atoms with Crippen molar-refractivity contribution in [1.29, 1.82) is 0 Å². The van der Waals surface area contributed by atoms with Crippen molar-refractivity contribution < 1.29 is 19.1 Å². The lowest BCUT2D eigenvalue weighted by Gasteiger charge is -2.08. The van der Waals surface area contributed by atoms with Gasteiger partial charge in [-0.05, 0) is 23.8 Å². The van der Waals surface area contributed by atoms with E-state index in [0.29, 0.717) is 0 Å². The number of hydrogen-bond acceptors (Lipinski definition) is 3. The molecule has 0 bridgehead atoms. The van der Waals surface area contributed by atoms with Crippen LogP contribution in [-0.2, 0) is 11.2 Å². The summed E-state index contributed by atoms with van der Waals surface area (Å²) in [5, 5.41) is 9.49. The molecule has 2 aromatic rings. The summed E-state index contributed by atoms with van der Waals surface area (Å²) in [5.74, 6) is -1.91. The molecule has 0 saturated carbocycles. The second kappa shape index (κ2) is 6.51. The van der Waals surface area contributed by atoms with E-state index in [4.69, 9.17) is 0 Å². The predicted octanol–water partition coefficient (Wildman–Crippen LogP) is 1.53. The molecular formula is C15H13FN2O3. The number of aromatic hydroxyl groups is 1. The molecule has 0 fully saturated rings. The summed E-state index contributed by atoms with van der Waals surface area (Å²) in [6.07, 6.45) is -0.201. The highest BCUT2D eigenvalue weighted by atomic mass is 19.1. The number of halogens is 1. The Morgan fingerprint density at radius 3 is 2.38 bits per heavy atom. The number of nitrogens with one attached hydrogen (secondary N) is 2. The zero-order chi connectivity index (χ0) is 15.2. The monoisotopic (exact) mass is 288 g/mol. The molecule has 2 aromatic carbocycles. The average molecular weight is 288 g/mol. The minimum Gasteiger partial charge on any atom is -0.507 e. The molecular weight excluding hydrogens is 275 g/mol. The van der Waals surface area contributed by atoms with E-state index in [-0.39, 0.29) is 23.3 Å². The molecule has 0 atom stereocenters. The van der Waals surface area contributed by atoms with Crippen molar-refractivity contribution in [2.24, 2.45) is 0 Å².